The highest BCUT2D eigenvalue weighted by atomic mass is 19.1. The molecule has 7 heteroatoms. The number of nitrogens with one attached hydrogen (secondary N) is 1. The van der Waals surface area contributed by atoms with E-state index >= 15 is 0 Å². The second kappa shape index (κ2) is 9.02. The quantitative estimate of drug-likeness (QED) is 0.611. The molecule has 1 aliphatic heterocycles. The van der Waals surface area contributed by atoms with Gasteiger partial charge in [-0.1, -0.05) is 30.3 Å². The average molecular weight is 450 g/mol. The number of amides is 2. The van der Waals surface area contributed by atoms with E-state index in [1.807, 2.05) is 36.4 Å². The highest BCUT2D eigenvalue weighted by molar-refractivity contribution is 6.02. The van der Waals surface area contributed by atoms with Crippen molar-refractivity contribution in [2.24, 2.45) is 0 Å². The fourth-order valence-electron chi connectivity index (χ4n) is 4.21. The van der Waals surface area contributed by atoms with Crippen molar-refractivity contribution in [3.63, 3.8) is 0 Å². The molecule has 0 unspecified atom stereocenters. The van der Waals surface area contributed by atoms with Gasteiger partial charge in [-0.15, -0.1) is 0 Å². The van der Waals surface area contributed by atoms with Gasteiger partial charge in [-0.2, -0.15) is 0 Å². The van der Waals surface area contributed by atoms with Gasteiger partial charge < -0.3 is 15.0 Å². The first kappa shape index (κ1) is 22.5. The molecular formula is C26H24F2N2O3. The Balaban J connectivity index is 1.65. The molecule has 3 aromatic rings. The van der Waals surface area contributed by atoms with Gasteiger partial charge in [0, 0.05) is 31.1 Å². The molecule has 0 fully saturated rings. The summed E-state index contributed by atoms with van der Waals surface area (Å²) in [5, 5.41) is 2.91. The maximum Gasteiger partial charge on any atom is 0.255 e. The van der Waals surface area contributed by atoms with Gasteiger partial charge in [-0.3, -0.25) is 9.59 Å². The molecule has 170 valence electrons. The standard InChI is InChI=1S/C26H24F2N2O3/c1-26(25(32)29-15-17-6-5-8-22(12-17)33-2)14-19-7-3-4-9-23(19)24(31)30(26)16-18-10-20(27)13-21(28)11-18/h3-13H,14-16H2,1-2H3,(H,29,32)/t26-/m1/s1. The molecule has 0 saturated heterocycles. The van der Waals surface area contributed by atoms with Crippen LogP contribution in [0, 0.1) is 11.6 Å². The van der Waals surface area contributed by atoms with E-state index in [-0.39, 0.29) is 36.9 Å². The molecule has 1 atom stereocenters. The highest BCUT2D eigenvalue weighted by Crippen LogP contribution is 2.33. The summed E-state index contributed by atoms with van der Waals surface area (Å²) < 4.78 is 32.8. The Bertz CT molecular complexity index is 1190. The van der Waals surface area contributed by atoms with Gasteiger partial charge in [0.15, 0.2) is 0 Å². The monoisotopic (exact) mass is 450 g/mol. The minimum absolute atomic E-state index is 0.106. The van der Waals surface area contributed by atoms with Crippen molar-refractivity contribution in [2.45, 2.75) is 32.0 Å². The lowest BCUT2D eigenvalue weighted by atomic mass is 9.82. The first-order chi connectivity index (χ1) is 15.8. The number of carbonyl (C=O) groups excluding carboxylic acids is 2. The van der Waals surface area contributed by atoms with Crippen LogP contribution in [0.5, 0.6) is 5.75 Å². The van der Waals surface area contributed by atoms with Crippen molar-refractivity contribution < 1.29 is 23.1 Å². The Morgan fingerprint density at radius 2 is 1.76 bits per heavy atom. The van der Waals surface area contributed by atoms with Crippen molar-refractivity contribution in [3.8, 4) is 5.75 Å². The molecule has 0 bridgehead atoms. The van der Waals surface area contributed by atoms with Crippen LogP contribution in [0.25, 0.3) is 0 Å². The van der Waals surface area contributed by atoms with Crippen LogP contribution in [-0.2, 0) is 24.3 Å². The normalized spacial score (nSPS) is 17.5. The summed E-state index contributed by atoms with van der Waals surface area (Å²) in [6.07, 6.45) is 0.274. The van der Waals surface area contributed by atoms with E-state index in [1.165, 1.54) is 17.0 Å². The number of ether oxygens (including phenoxy) is 1. The van der Waals surface area contributed by atoms with Crippen LogP contribution >= 0.6 is 0 Å². The van der Waals surface area contributed by atoms with E-state index in [0.29, 0.717) is 11.3 Å². The summed E-state index contributed by atoms with van der Waals surface area (Å²) in [7, 11) is 1.57. The topological polar surface area (TPSA) is 58.6 Å². The lowest BCUT2D eigenvalue weighted by molar-refractivity contribution is -0.132. The number of halogens is 2. The zero-order chi connectivity index (χ0) is 23.6. The summed E-state index contributed by atoms with van der Waals surface area (Å²) in [6, 6.07) is 17.5. The van der Waals surface area contributed by atoms with Gasteiger partial charge in [-0.05, 0) is 53.9 Å². The molecule has 0 aliphatic carbocycles. The smallest absolute Gasteiger partial charge is 0.255 e. The van der Waals surface area contributed by atoms with Crippen LogP contribution in [0.3, 0.4) is 0 Å². The third kappa shape index (κ3) is 4.58. The Kier molecular flexibility index (Phi) is 6.14. The van der Waals surface area contributed by atoms with Crippen molar-refractivity contribution in [1.29, 1.82) is 0 Å². The zero-order valence-electron chi connectivity index (χ0n) is 18.4. The summed E-state index contributed by atoms with van der Waals surface area (Å²) >= 11 is 0. The van der Waals surface area contributed by atoms with Crippen molar-refractivity contribution >= 4 is 11.8 Å². The largest absolute Gasteiger partial charge is 0.497 e. The minimum Gasteiger partial charge on any atom is -0.497 e. The van der Waals surface area contributed by atoms with Crippen molar-refractivity contribution in [1.82, 2.24) is 10.2 Å². The van der Waals surface area contributed by atoms with Crippen LogP contribution < -0.4 is 10.1 Å². The Labute approximate surface area is 191 Å². The Morgan fingerprint density at radius 1 is 1.03 bits per heavy atom. The van der Waals surface area contributed by atoms with Crippen LogP contribution in [-0.4, -0.2) is 29.4 Å². The SMILES string of the molecule is COc1cccc(CNC(=O)[C@@]2(C)Cc3ccccc3C(=O)N2Cc2cc(F)cc(F)c2)c1. The zero-order valence-corrected chi connectivity index (χ0v) is 18.4. The molecule has 4 rings (SSSR count). The van der Waals surface area contributed by atoms with Gasteiger partial charge in [0.1, 0.15) is 22.9 Å². The predicted octanol–water partition coefficient (Wildman–Crippen LogP) is 4.25. The third-order valence-electron chi connectivity index (χ3n) is 5.96. The number of carbonyl (C=O) groups is 2. The second-order valence-corrected chi connectivity index (χ2v) is 8.31. The van der Waals surface area contributed by atoms with Crippen molar-refractivity contribution in [3.05, 3.63) is 101 Å². The summed E-state index contributed by atoms with van der Waals surface area (Å²) in [6.45, 7) is 1.81. The third-order valence-corrected chi connectivity index (χ3v) is 5.96. The average Bonchev–Trinajstić information content (AvgIpc) is 2.79. The number of rotatable bonds is 6. The van der Waals surface area contributed by atoms with Crippen LogP contribution in [0.4, 0.5) is 8.78 Å². The molecular weight excluding hydrogens is 426 g/mol. The summed E-state index contributed by atoms with van der Waals surface area (Å²) in [4.78, 5) is 28.3. The van der Waals surface area contributed by atoms with Gasteiger partial charge in [0.05, 0.1) is 7.11 Å². The number of benzene rings is 3. The highest BCUT2D eigenvalue weighted by Gasteiger charge is 2.46. The van der Waals surface area contributed by atoms with Gasteiger partial charge in [-0.25, -0.2) is 8.78 Å². The van der Waals surface area contributed by atoms with E-state index in [1.54, 1.807) is 26.2 Å². The number of methoxy groups -OCH3 is 1. The maximum absolute atomic E-state index is 13.8. The minimum atomic E-state index is -1.26. The van der Waals surface area contributed by atoms with Gasteiger partial charge >= 0.3 is 0 Å². The maximum atomic E-state index is 13.8. The van der Waals surface area contributed by atoms with E-state index < -0.39 is 17.2 Å². The molecule has 0 spiro atoms. The molecule has 0 radical (unpaired) electrons. The van der Waals surface area contributed by atoms with Gasteiger partial charge in [0.25, 0.3) is 5.91 Å². The first-order valence-corrected chi connectivity index (χ1v) is 10.6. The number of hydrogen-bond donors (Lipinski definition) is 1. The second-order valence-electron chi connectivity index (χ2n) is 8.31. The number of nitrogens with zero attached hydrogens (tertiary/aromatic N) is 1. The first-order valence-electron chi connectivity index (χ1n) is 10.6. The molecule has 3 aromatic carbocycles. The van der Waals surface area contributed by atoms with Crippen LogP contribution in [0.1, 0.15) is 34.0 Å². The molecule has 1 N–H and O–H groups in total. The molecule has 1 heterocycles. The molecule has 5 nitrogen and oxygen atoms in total. The number of hydrogen-bond acceptors (Lipinski definition) is 3. The van der Waals surface area contributed by atoms with E-state index in [0.717, 1.165) is 17.2 Å². The van der Waals surface area contributed by atoms with Crippen LogP contribution in [0.15, 0.2) is 66.7 Å². The molecule has 0 saturated carbocycles. The predicted molar refractivity (Wildman–Crippen MR) is 120 cm³/mol. The fraction of sp³-hybridized carbons (Fsp3) is 0.231. The molecule has 0 aromatic heterocycles. The Morgan fingerprint density at radius 3 is 2.48 bits per heavy atom. The summed E-state index contributed by atoms with van der Waals surface area (Å²) in [5.74, 6) is -1.52. The fourth-order valence-corrected chi connectivity index (χ4v) is 4.21. The lowest BCUT2D eigenvalue weighted by Gasteiger charge is -2.44. The van der Waals surface area contributed by atoms with Crippen molar-refractivity contribution in [2.75, 3.05) is 7.11 Å². The van der Waals surface area contributed by atoms with Crippen LogP contribution in [0.2, 0.25) is 0 Å². The lowest BCUT2D eigenvalue weighted by Crippen LogP contribution is -2.62. The van der Waals surface area contributed by atoms with E-state index in [4.69, 9.17) is 4.74 Å². The Hall–Kier alpha value is -3.74. The molecule has 2 amide bonds. The molecule has 33 heavy (non-hydrogen) atoms. The number of fused-ring (bicyclic) bond motifs is 1. The molecule has 1 aliphatic rings. The van der Waals surface area contributed by atoms with E-state index in [9.17, 15) is 18.4 Å². The van der Waals surface area contributed by atoms with Gasteiger partial charge in [0.2, 0.25) is 5.91 Å². The van der Waals surface area contributed by atoms with E-state index in [2.05, 4.69) is 5.32 Å². The summed E-state index contributed by atoms with van der Waals surface area (Å²) in [5.41, 5.74) is 1.09.